The second-order valence-electron chi connectivity index (χ2n) is 9.80. The minimum atomic E-state index is -0.688. The van der Waals surface area contributed by atoms with E-state index in [0.717, 1.165) is 64.0 Å². The van der Waals surface area contributed by atoms with Crippen LogP contribution in [0, 0.1) is 5.92 Å². The van der Waals surface area contributed by atoms with E-state index in [4.69, 9.17) is 4.74 Å². The minimum Gasteiger partial charge on any atom is -0.444 e. The molecule has 3 rings (SSSR count). The summed E-state index contributed by atoms with van der Waals surface area (Å²) in [7, 11) is 0. The van der Waals surface area contributed by atoms with Crippen LogP contribution >= 0.6 is 11.8 Å². The van der Waals surface area contributed by atoms with Gasteiger partial charge in [-0.2, -0.15) is 0 Å². The molecule has 0 radical (unpaired) electrons. The van der Waals surface area contributed by atoms with Gasteiger partial charge in [0.2, 0.25) is 0 Å². The number of nitrogens with zero attached hydrogens (tertiary/aromatic N) is 2. The van der Waals surface area contributed by atoms with Gasteiger partial charge in [-0.25, -0.2) is 4.79 Å². The highest BCUT2D eigenvalue weighted by Crippen LogP contribution is 2.34. The van der Waals surface area contributed by atoms with Gasteiger partial charge in [-0.3, -0.25) is 0 Å². The van der Waals surface area contributed by atoms with Crippen molar-refractivity contribution in [1.82, 2.24) is 9.80 Å². The number of carbonyl (C=O) groups is 1. The molecule has 1 aromatic carbocycles. The van der Waals surface area contributed by atoms with Crippen LogP contribution in [0.5, 0.6) is 0 Å². The highest BCUT2D eigenvalue weighted by Gasteiger charge is 2.34. The third-order valence-corrected chi connectivity index (χ3v) is 7.17. The zero-order chi connectivity index (χ0) is 21.8. The van der Waals surface area contributed by atoms with Crippen molar-refractivity contribution < 1.29 is 14.6 Å². The lowest BCUT2D eigenvalue weighted by Gasteiger charge is -2.39. The van der Waals surface area contributed by atoms with Gasteiger partial charge in [0.15, 0.2) is 0 Å². The highest BCUT2D eigenvalue weighted by molar-refractivity contribution is 7.98. The first-order valence-corrected chi connectivity index (χ1v) is 12.5. The summed E-state index contributed by atoms with van der Waals surface area (Å²) in [5, 5.41) is 11.1. The van der Waals surface area contributed by atoms with Crippen molar-refractivity contribution in [2.75, 3.05) is 39.0 Å². The van der Waals surface area contributed by atoms with Crippen LogP contribution in [-0.4, -0.2) is 65.6 Å². The van der Waals surface area contributed by atoms with Crippen LogP contribution in [0.4, 0.5) is 4.79 Å². The van der Waals surface area contributed by atoms with Crippen LogP contribution < -0.4 is 0 Å². The van der Waals surface area contributed by atoms with Crippen LogP contribution in [0.15, 0.2) is 29.2 Å². The average Bonchev–Trinajstić information content (AvgIpc) is 2.72. The number of hydrogen-bond acceptors (Lipinski definition) is 5. The second kappa shape index (κ2) is 9.92. The minimum absolute atomic E-state index is 0.179. The molecule has 0 bridgehead atoms. The average molecular weight is 435 g/mol. The van der Waals surface area contributed by atoms with Crippen molar-refractivity contribution in [1.29, 1.82) is 0 Å². The molecule has 2 aliphatic rings. The third kappa shape index (κ3) is 6.38. The summed E-state index contributed by atoms with van der Waals surface area (Å²) in [6.45, 7) is 10.3. The van der Waals surface area contributed by atoms with Crippen LogP contribution in [0.1, 0.15) is 58.4 Å². The molecule has 0 aliphatic carbocycles. The maximum atomic E-state index is 12.2. The summed E-state index contributed by atoms with van der Waals surface area (Å²) >= 11 is 1.73. The Balaban J connectivity index is 1.38. The molecule has 1 aromatic rings. The molecular weight excluding hydrogens is 396 g/mol. The molecule has 0 unspecified atom stereocenters. The lowest BCUT2D eigenvalue weighted by atomic mass is 9.84. The molecule has 1 amide bonds. The van der Waals surface area contributed by atoms with E-state index in [1.165, 1.54) is 11.3 Å². The van der Waals surface area contributed by atoms with Crippen molar-refractivity contribution in [3.05, 3.63) is 29.8 Å². The van der Waals surface area contributed by atoms with Crippen molar-refractivity contribution in [3.8, 4) is 0 Å². The molecule has 2 fully saturated rings. The predicted molar refractivity (Wildman–Crippen MR) is 123 cm³/mol. The molecule has 2 saturated heterocycles. The van der Waals surface area contributed by atoms with E-state index in [9.17, 15) is 9.90 Å². The first kappa shape index (κ1) is 23.4. The lowest BCUT2D eigenvalue weighted by Crippen LogP contribution is -2.44. The Kier molecular flexibility index (Phi) is 7.75. The normalized spacial score (nSPS) is 20.9. The number of piperidine rings is 2. The largest absolute Gasteiger partial charge is 0.444 e. The molecule has 0 saturated carbocycles. The lowest BCUT2D eigenvalue weighted by molar-refractivity contribution is -0.0273. The number of rotatable bonds is 5. The molecule has 0 aromatic heterocycles. The summed E-state index contributed by atoms with van der Waals surface area (Å²) < 4.78 is 5.49. The highest BCUT2D eigenvalue weighted by atomic mass is 32.2. The van der Waals surface area contributed by atoms with Crippen LogP contribution in [0.2, 0.25) is 0 Å². The number of carbonyl (C=O) groups excluding carboxylic acids is 1. The number of benzene rings is 1. The maximum absolute atomic E-state index is 12.2. The van der Waals surface area contributed by atoms with Gasteiger partial charge < -0.3 is 19.6 Å². The summed E-state index contributed by atoms with van der Waals surface area (Å²) in [5.41, 5.74) is -0.0673. The van der Waals surface area contributed by atoms with Gasteiger partial charge in [0, 0.05) is 31.1 Å². The summed E-state index contributed by atoms with van der Waals surface area (Å²) in [6.07, 6.45) is 6.76. The summed E-state index contributed by atoms with van der Waals surface area (Å²) in [5.74, 6) is 0.670. The van der Waals surface area contributed by atoms with E-state index in [1.807, 2.05) is 25.7 Å². The van der Waals surface area contributed by atoms with Crippen molar-refractivity contribution >= 4 is 17.9 Å². The van der Waals surface area contributed by atoms with E-state index >= 15 is 0 Å². The Morgan fingerprint density at radius 1 is 1.13 bits per heavy atom. The number of hydrogen-bond donors (Lipinski definition) is 1. The number of aliphatic hydroxyl groups is 1. The molecule has 1 N–H and O–H groups in total. The van der Waals surface area contributed by atoms with Gasteiger partial charge in [0.05, 0.1) is 5.60 Å². The van der Waals surface area contributed by atoms with Crippen LogP contribution in [-0.2, 0) is 10.3 Å². The number of ether oxygens (including phenoxy) is 1. The van der Waals surface area contributed by atoms with E-state index in [0.29, 0.717) is 5.92 Å². The Labute approximate surface area is 186 Å². The molecule has 30 heavy (non-hydrogen) atoms. The summed E-state index contributed by atoms with van der Waals surface area (Å²) in [4.78, 5) is 17.8. The van der Waals surface area contributed by atoms with Crippen molar-refractivity contribution in [2.45, 2.75) is 69.0 Å². The van der Waals surface area contributed by atoms with Crippen molar-refractivity contribution in [2.24, 2.45) is 5.92 Å². The van der Waals surface area contributed by atoms with Gasteiger partial charge in [-0.05, 0) is 89.3 Å². The van der Waals surface area contributed by atoms with E-state index in [1.54, 1.807) is 11.8 Å². The zero-order valence-electron chi connectivity index (χ0n) is 19.0. The Bertz CT molecular complexity index is 685. The number of amides is 1. The van der Waals surface area contributed by atoms with Gasteiger partial charge in [-0.15, -0.1) is 11.8 Å². The molecule has 0 spiro atoms. The quantitative estimate of drug-likeness (QED) is 0.679. The SMILES string of the molecule is CSc1ccc(C2(O)CCN(CCC3CCN(C(=O)OC(C)(C)C)CC3)CC2)cc1. The third-order valence-electron chi connectivity index (χ3n) is 6.43. The fraction of sp³-hybridized carbons (Fsp3) is 0.708. The van der Waals surface area contributed by atoms with Gasteiger partial charge in [-0.1, -0.05) is 12.1 Å². The molecule has 168 valence electrons. The molecule has 2 heterocycles. The molecule has 2 aliphatic heterocycles. The number of likely N-dealkylation sites (tertiary alicyclic amines) is 2. The summed E-state index contributed by atoms with van der Waals surface area (Å²) in [6, 6.07) is 8.38. The standard InChI is InChI=1S/C24H38N2O3S/c1-23(2,3)29-22(27)26-15-10-19(11-16-26)9-14-25-17-12-24(28,13-18-25)20-5-7-21(30-4)8-6-20/h5-8,19,28H,9-18H2,1-4H3. The van der Waals surface area contributed by atoms with E-state index in [2.05, 4.69) is 35.4 Å². The van der Waals surface area contributed by atoms with Gasteiger partial charge >= 0.3 is 6.09 Å². The Hall–Kier alpha value is -1.24. The van der Waals surface area contributed by atoms with Gasteiger partial charge in [0.1, 0.15) is 5.60 Å². The van der Waals surface area contributed by atoms with Crippen LogP contribution in [0.3, 0.4) is 0 Å². The smallest absolute Gasteiger partial charge is 0.410 e. The predicted octanol–water partition coefficient (Wildman–Crippen LogP) is 4.73. The molecule has 5 nitrogen and oxygen atoms in total. The number of thioether (sulfide) groups is 1. The fourth-order valence-corrected chi connectivity index (χ4v) is 4.84. The van der Waals surface area contributed by atoms with Gasteiger partial charge in [0.25, 0.3) is 0 Å². The maximum Gasteiger partial charge on any atom is 0.410 e. The molecule has 0 atom stereocenters. The monoisotopic (exact) mass is 434 g/mol. The molecule has 6 heteroatoms. The van der Waals surface area contributed by atoms with Crippen LogP contribution in [0.25, 0.3) is 0 Å². The first-order valence-electron chi connectivity index (χ1n) is 11.3. The zero-order valence-corrected chi connectivity index (χ0v) is 19.8. The van der Waals surface area contributed by atoms with Crippen molar-refractivity contribution in [3.63, 3.8) is 0 Å². The van der Waals surface area contributed by atoms with E-state index < -0.39 is 11.2 Å². The fourth-order valence-electron chi connectivity index (χ4n) is 4.43. The Morgan fingerprint density at radius 2 is 1.73 bits per heavy atom. The second-order valence-corrected chi connectivity index (χ2v) is 10.7. The van der Waals surface area contributed by atoms with E-state index in [-0.39, 0.29) is 6.09 Å². The topological polar surface area (TPSA) is 53.0 Å². The first-order chi connectivity index (χ1) is 14.2. The Morgan fingerprint density at radius 3 is 2.27 bits per heavy atom. The molecular formula is C24H38N2O3S.